The number of carboxylic acids is 2. The maximum Gasteiger partial charge on any atom is 0.326 e. The van der Waals surface area contributed by atoms with Gasteiger partial charge in [-0.3, -0.25) is 24.0 Å². The van der Waals surface area contributed by atoms with Crippen LogP contribution in [0.4, 0.5) is 0 Å². The summed E-state index contributed by atoms with van der Waals surface area (Å²) >= 11 is 0. The Morgan fingerprint density at radius 2 is 1.23 bits per heavy atom. The zero-order chi connectivity index (χ0) is 27.1. The lowest BCUT2D eigenvalue weighted by Crippen LogP contribution is -2.57. The molecule has 0 aromatic rings. The lowest BCUT2D eigenvalue weighted by Gasteiger charge is -2.25. The molecule has 4 amide bonds. The number of amides is 4. The SMILES string of the molecule is CC(C)C(N)C(=O)NC(CCCCN)C(=O)NC(CCC(=O)O)C(=O)NC(CCC(N)=O)C(=O)O. The van der Waals surface area contributed by atoms with Crippen molar-refractivity contribution < 1.29 is 39.0 Å². The van der Waals surface area contributed by atoms with E-state index in [1.165, 1.54) is 0 Å². The summed E-state index contributed by atoms with van der Waals surface area (Å²) in [6.45, 7) is 3.83. The molecular weight excluding hydrogens is 464 g/mol. The fourth-order valence-electron chi connectivity index (χ4n) is 2.96. The molecule has 0 bridgehead atoms. The largest absolute Gasteiger partial charge is 0.481 e. The number of primary amides is 1. The van der Waals surface area contributed by atoms with Gasteiger partial charge in [-0.1, -0.05) is 13.8 Å². The smallest absolute Gasteiger partial charge is 0.326 e. The predicted octanol–water partition coefficient (Wildman–Crippen LogP) is -2.23. The van der Waals surface area contributed by atoms with Crippen LogP contribution in [-0.4, -0.2) is 76.5 Å². The van der Waals surface area contributed by atoms with Gasteiger partial charge in [0.2, 0.25) is 23.6 Å². The van der Waals surface area contributed by atoms with Crippen LogP contribution in [0.1, 0.15) is 58.8 Å². The minimum atomic E-state index is -1.48. The minimum absolute atomic E-state index is 0.184. The molecule has 0 aromatic heterocycles. The molecule has 14 heteroatoms. The highest BCUT2D eigenvalue weighted by molar-refractivity contribution is 5.94. The normalized spacial score (nSPS) is 14.3. The first-order chi connectivity index (χ1) is 16.3. The van der Waals surface area contributed by atoms with Gasteiger partial charge < -0.3 is 43.4 Å². The number of hydrogen-bond acceptors (Lipinski definition) is 8. The number of carbonyl (C=O) groups is 6. The molecule has 0 saturated carbocycles. The highest BCUT2D eigenvalue weighted by Crippen LogP contribution is 2.07. The van der Waals surface area contributed by atoms with E-state index in [1.54, 1.807) is 13.8 Å². The van der Waals surface area contributed by atoms with Crippen LogP contribution < -0.4 is 33.2 Å². The zero-order valence-corrected chi connectivity index (χ0v) is 20.1. The van der Waals surface area contributed by atoms with E-state index in [2.05, 4.69) is 16.0 Å². The van der Waals surface area contributed by atoms with E-state index < -0.39 is 66.2 Å². The molecule has 0 radical (unpaired) electrons. The molecule has 0 rings (SSSR count). The summed E-state index contributed by atoms with van der Waals surface area (Å²) in [5.74, 6) is -5.93. The van der Waals surface area contributed by atoms with Crippen LogP contribution >= 0.6 is 0 Å². The van der Waals surface area contributed by atoms with E-state index in [0.717, 1.165) is 0 Å². The molecule has 0 aliphatic rings. The first kappa shape index (κ1) is 31.7. The molecule has 0 heterocycles. The monoisotopic (exact) mass is 502 g/mol. The van der Waals surface area contributed by atoms with Crippen molar-refractivity contribution in [1.82, 2.24) is 16.0 Å². The summed E-state index contributed by atoms with van der Waals surface area (Å²) in [7, 11) is 0. The van der Waals surface area contributed by atoms with Crippen LogP contribution in [0.5, 0.6) is 0 Å². The standard InChI is InChI=1S/C21H38N6O8/c1-11(2)17(24)20(33)26-12(5-3-4-10-22)18(31)25-13(7-9-16(29)30)19(32)27-14(21(34)35)6-8-15(23)28/h11-14,17H,3-10,22,24H2,1-2H3,(H2,23,28)(H,25,31)(H,26,33)(H,27,32)(H,29,30)(H,34,35). The van der Waals surface area contributed by atoms with Crippen LogP contribution in [0, 0.1) is 5.92 Å². The average Bonchev–Trinajstić information content (AvgIpc) is 2.77. The quantitative estimate of drug-likeness (QED) is 0.0935. The molecule has 0 saturated heterocycles. The lowest BCUT2D eigenvalue weighted by atomic mass is 10.0. The van der Waals surface area contributed by atoms with Crippen molar-refractivity contribution in [3.63, 3.8) is 0 Å². The summed E-state index contributed by atoms with van der Waals surface area (Å²) in [6, 6.07) is -4.86. The van der Waals surface area contributed by atoms with Gasteiger partial charge in [0, 0.05) is 12.8 Å². The van der Waals surface area contributed by atoms with Crippen molar-refractivity contribution in [2.45, 2.75) is 83.0 Å². The number of rotatable bonds is 18. The van der Waals surface area contributed by atoms with E-state index in [1.807, 2.05) is 0 Å². The van der Waals surface area contributed by atoms with E-state index in [-0.39, 0.29) is 31.6 Å². The van der Waals surface area contributed by atoms with Crippen molar-refractivity contribution in [3.05, 3.63) is 0 Å². The fourth-order valence-corrected chi connectivity index (χ4v) is 2.96. The molecule has 4 unspecified atom stereocenters. The second kappa shape index (κ2) is 16.4. The number of aliphatic carboxylic acids is 2. The Kier molecular flexibility index (Phi) is 14.9. The molecule has 0 spiro atoms. The Balaban J connectivity index is 5.59. The molecule has 200 valence electrons. The van der Waals surface area contributed by atoms with Crippen LogP contribution in [0.15, 0.2) is 0 Å². The van der Waals surface area contributed by atoms with Gasteiger partial charge in [0.25, 0.3) is 0 Å². The van der Waals surface area contributed by atoms with Crippen LogP contribution in [0.25, 0.3) is 0 Å². The second-order valence-electron chi connectivity index (χ2n) is 8.51. The summed E-state index contributed by atoms with van der Waals surface area (Å²) in [6.07, 6.45) is -0.215. The van der Waals surface area contributed by atoms with E-state index >= 15 is 0 Å². The van der Waals surface area contributed by atoms with Gasteiger partial charge in [0.05, 0.1) is 6.04 Å². The van der Waals surface area contributed by atoms with E-state index in [4.69, 9.17) is 22.3 Å². The maximum absolute atomic E-state index is 13.0. The zero-order valence-electron chi connectivity index (χ0n) is 20.1. The van der Waals surface area contributed by atoms with Crippen molar-refractivity contribution in [2.24, 2.45) is 23.1 Å². The van der Waals surface area contributed by atoms with Gasteiger partial charge in [-0.15, -0.1) is 0 Å². The number of hydrogen-bond donors (Lipinski definition) is 8. The molecule has 0 aromatic carbocycles. The van der Waals surface area contributed by atoms with Gasteiger partial charge in [-0.05, 0) is 44.6 Å². The number of unbranched alkanes of at least 4 members (excludes halogenated alkanes) is 1. The molecule has 14 nitrogen and oxygen atoms in total. The molecule has 4 atom stereocenters. The van der Waals surface area contributed by atoms with E-state index in [0.29, 0.717) is 19.4 Å². The third kappa shape index (κ3) is 13.3. The third-order valence-electron chi connectivity index (χ3n) is 5.17. The van der Waals surface area contributed by atoms with Gasteiger partial charge in [0.1, 0.15) is 18.1 Å². The number of carboxylic acid groups (broad SMARTS) is 2. The molecule has 0 fully saturated rings. The molecule has 11 N–H and O–H groups in total. The number of nitrogens with two attached hydrogens (primary N) is 3. The summed E-state index contributed by atoms with van der Waals surface area (Å²) < 4.78 is 0. The third-order valence-corrected chi connectivity index (χ3v) is 5.17. The average molecular weight is 503 g/mol. The van der Waals surface area contributed by atoms with Crippen molar-refractivity contribution in [3.8, 4) is 0 Å². The topological polar surface area (TPSA) is 257 Å². The van der Waals surface area contributed by atoms with Gasteiger partial charge in [-0.2, -0.15) is 0 Å². The second-order valence-corrected chi connectivity index (χ2v) is 8.51. The number of carbonyl (C=O) groups excluding carboxylic acids is 4. The Morgan fingerprint density at radius 3 is 1.69 bits per heavy atom. The molecular formula is C21H38N6O8. The number of nitrogens with one attached hydrogen (secondary N) is 3. The highest BCUT2D eigenvalue weighted by Gasteiger charge is 2.31. The summed E-state index contributed by atoms with van der Waals surface area (Å²) in [5.41, 5.74) is 16.4. The first-order valence-electron chi connectivity index (χ1n) is 11.4. The summed E-state index contributed by atoms with van der Waals surface area (Å²) in [4.78, 5) is 71.5. The Labute approximate surface area is 203 Å². The molecule has 0 aliphatic carbocycles. The van der Waals surface area contributed by atoms with Crippen molar-refractivity contribution in [1.29, 1.82) is 0 Å². The molecule has 0 aliphatic heterocycles. The van der Waals surface area contributed by atoms with Crippen LogP contribution in [-0.2, 0) is 28.8 Å². The highest BCUT2D eigenvalue weighted by atomic mass is 16.4. The molecule has 35 heavy (non-hydrogen) atoms. The van der Waals surface area contributed by atoms with Crippen molar-refractivity contribution in [2.75, 3.05) is 6.54 Å². The Morgan fingerprint density at radius 1 is 0.743 bits per heavy atom. The summed E-state index contributed by atoms with van der Waals surface area (Å²) in [5, 5.41) is 25.4. The Hall–Kier alpha value is -3.26. The maximum atomic E-state index is 13.0. The fraction of sp³-hybridized carbons (Fsp3) is 0.714. The van der Waals surface area contributed by atoms with Crippen LogP contribution in [0.2, 0.25) is 0 Å². The van der Waals surface area contributed by atoms with Gasteiger partial charge in [0.15, 0.2) is 0 Å². The van der Waals surface area contributed by atoms with Crippen LogP contribution in [0.3, 0.4) is 0 Å². The van der Waals surface area contributed by atoms with Gasteiger partial charge in [-0.25, -0.2) is 4.79 Å². The Bertz CT molecular complexity index is 760. The van der Waals surface area contributed by atoms with E-state index in [9.17, 15) is 33.9 Å². The lowest BCUT2D eigenvalue weighted by molar-refractivity contribution is -0.143. The minimum Gasteiger partial charge on any atom is -0.481 e. The first-order valence-corrected chi connectivity index (χ1v) is 11.4. The van der Waals surface area contributed by atoms with Crippen molar-refractivity contribution >= 4 is 35.6 Å². The van der Waals surface area contributed by atoms with Gasteiger partial charge >= 0.3 is 11.9 Å². The predicted molar refractivity (Wildman–Crippen MR) is 124 cm³/mol.